The Balaban J connectivity index is 2.03. The highest BCUT2D eigenvalue weighted by molar-refractivity contribution is 7.92. The van der Waals surface area contributed by atoms with Crippen molar-refractivity contribution >= 4 is 39.1 Å². The number of hydrogen-bond acceptors (Lipinski definition) is 5. The molecule has 2 amide bonds. The lowest BCUT2D eigenvalue weighted by atomic mass is 10.1. The Labute approximate surface area is 235 Å². The molecule has 0 heterocycles. The molecule has 3 rings (SSSR count). The second kappa shape index (κ2) is 13.0. The van der Waals surface area contributed by atoms with E-state index in [9.17, 15) is 18.0 Å². The van der Waals surface area contributed by atoms with Crippen LogP contribution in [-0.2, 0) is 26.2 Å². The number of anilines is 1. The molecule has 0 aliphatic carbocycles. The van der Waals surface area contributed by atoms with Crippen LogP contribution in [0.5, 0.6) is 5.75 Å². The van der Waals surface area contributed by atoms with Crippen molar-refractivity contribution in [2.45, 2.75) is 51.2 Å². The quantitative estimate of drug-likeness (QED) is 0.357. The van der Waals surface area contributed by atoms with Gasteiger partial charge in [-0.2, -0.15) is 0 Å². The number of nitrogens with zero attached hydrogens (tertiary/aromatic N) is 2. The minimum Gasteiger partial charge on any atom is -0.497 e. The molecule has 0 bridgehead atoms. The highest BCUT2D eigenvalue weighted by Crippen LogP contribution is 2.26. The number of carbonyl (C=O) groups is 2. The van der Waals surface area contributed by atoms with Gasteiger partial charge in [0.2, 0.25) is 11.8 Å². The summed E-state index contributed by atoms with van der Waals surface area (Å²) in [6.07, 6.45) is 0. The molecule has 3 aromatic carbocycles. The van der Waals surface area contributed by atoms with E-state index < -0.39 is 28.5 Å². The Kier molecular flexibility index (Phi) is 9.99. The molecular weight excluding hydrogens is 538 g/mol. The van der Waals surface area contributed by atoms with Crippen molar-refractivity contribution in [1.82, 2.24) is 10.2 Å². The first kappa shape index (κ1) is 30.0. The maximum atomic E-state index is 13.9. The number of benzene rings is 3. The number of aryl methyl sites for hydroxylation is 1. The fourth-order valence-corrected chi connectivity index (χ4v) is 5.47. The second-order valence-electron chi connectivity index (χ2n) is 9.51. The van der Waals surface area contributed by atoms with Crippen LogP contribution in [0.15, 0.2) is 77.7 Å². The number of ether oxygens (including phenoxy) is 1. The van der Waals surface area contributed by atoms with Crippen LogP contribution in [0.1, 0.15) is 31.9 Å². The molecule has 0 fully saturated rings. The van der Waals surface area contributed by atoms with Gasteiger partial charge in [0.1, 0.15) is 18.3 Å². The van der Waals surface area contributed by atoms with E-state index in [0.29, 0.717) is 16.5 Å². The average molecular weight is 572 g/mol. The number of methoxy groups -OCH3 is 1. The number of rotatable bonds is 11. The van der Waals surface area contributed by atoms with Crippen molar-refractivity contribution in [1.29, 1.82) is 0 Å². The Hall–Kier alpha value is -3.56. The Morgan fingerprint density at radius 1 is 0.974 bits per heavy atom. The Morgan fingerprint density at radius 2 is 1.62 bits per heavy atom. The van der Waals surface area contributed by atoms with Crippen LogP contribution in [0.2, 0.25) is 5.02 Å². The third kappa shape index (κ3) is 7.74. The lowest BCUT2D eigenvalue weighted by molar-refractivity contribution is -0.139. The number of amides is 2. The van der Waals surface area contributed by atoms with E-state index >= 15 is 0 Å². The summed E-state index contributed by atoms with van der Waals surface area (Å²) in [6, 6.07) is 18.8. The smallest absolute Gasteiger partial charge is 0.264 e. The van der Waals surface area contributed by atoms with E-state index in [2.05, 4.69) is 5.32 Å². The molecule has 1 atom stereocenters. The van der Waals surface area contributed by atoms with Crippen LogP contribution in [-0.4, -0.2) is 50.9 Å². The van der Waals surface area contributed by atoms with Gasteiger partial charge in [-0.1, -0.05) is 41.4 Å². The standard InChI is InChI=1S/C29H34ClN3O5S/c1-20(2)31-29(35)22(4)32(18-23-7-6-8-26(17-23)38-5)28(34)19-33(25-13-9-21(3)10-14-25)39(36,37)27-15-11-24(30)12-16-27/h6-17,20,22H,18-19H2,1-5H3,(H,31,35)/t22-/m1/s1. The predicted molar refractivity (Wildman–Crippen MR) is 153 cm³/mol. The molecule has 0 aliphatic rings. The first-order valence-corrected chi connectivity index (χ1v) is 14.3. The van der Waals surface area contributed by atoms with Crippen molar-refractivity contribution in [2.24, 2.45) is 0 Å². The van der Waals surface area contributed by atoms with Gasteiger partial charge in [-0.05, 0) is 81.8 Å². The van der Waals surface area contributed by atoms with Gasteiger partial charge in [-0.3, -0.25) is 13.9 Å². The molecule has 3 aromatic rings. The molecule has 0 saturated heterocycles. The van der Waals surface area contributed by atoms with E-state index in [1.165, 1.54) is 29.2 Å². The molecular formula is C29H34ClN3O5S. The Morgan fingerprint density at radius 3 is 2.21 bits per heavy atom. The first-order chi connectivity index (χ1) is 18.4. The molecule has 0 spiro atoms. The number of hydrogen-bond donors (Lipinski definition) is 1. The lowest BCUT2D eigenvalue weighted by Crippen LogP contribution is -2.52. The van der Waals surface area contributed by atoms with Gasteiger partial charge in [-0.15, -0.1) is 0 Å². The van der Waals surface area contributed by atoms with Crippen molar-refractivity contribution < 1.29 is 22.7 Å². The second-order valence-corrected chi connectivity index (χ2v) is 11.8. The van der Waals surface area contributed by atoms with Crippen LogP contribution in [0.3, 0.4) is 0 Å². The topological polar surface area (TPSA) is 96.0 Å². The molecule has 8 nitrogen and oxygen atoms in total. The lowest BCUT2D eigenvalue weighted by Gasteiger charge is -2.32. The summed E-state index contributed by atoms with van der Waals surface area (Å²) >= 11 is 5.98. The van der Waals surface area contributed by atoms with Gasteiger partial charge in [0.05, 0.1) is 17.7 Å². The maximum Gasteiger partial charge on any atom is 0.264 e. The first-order valence-electron chi connectivity index (χ1n) is 12.5. The summed E-state index contributed by atoms with van der Waals surface area (Å²) in [7, 11) is -2.61. The van der Waals surface area contributed by atoms with E-state index in [1.54, 1.807) is 56.5 Å². The monoisotopic (exact) mass is 571 g/mol. The molecule has 10 heteroatoms. The minimum absolute atomic E-state index is 0.00906. The molecule has 208 valence electrons. The minimum atomic E-state index is -4.15. The van der Waals surface area contributed by atoms with Crippen LogP contribution >= 0.6 is 11.6 Å². The molecule has 0 unspecified atom stereocenters. The zero-order chi connectivity index (χ0) is 28.7. The van der Waals surface area contributed by atoms with E-state index in [1.807, 2.05) is 26.8 Å². The van der Waals surface area contributed by atoms with Gasteiger partial charge < -0.3 is 15.0 Å². The fraction of sp³-hybridized carbons (Fsp3) is 0.310. The van der Waals surface area contributed by atoms with E-state index in [4.69, 9.17) is 16.3 Å². The van der Waals surface area contributed by atoms with E-state index in [0.717, 1.165) is 15.4 Å². The maximum absolute atomic E-state index is 13.9. The van der Waals surface area contributed by atoms with E-state index in [-0.39, 0.29) is 23.4 Å². The van der Waals surface area contributed by atoms with Crippen LogP contribution < -0.4 is 14.4 Å². The van der Waals surface area contributed by atoms with Gasteiger partial charge in [0, 0.05) is 17.6 Å². The zero-order valence-electron chi connectivity index (χ0n) is 22.7. The fourth-order valence-electron chi connectivity index (χ4n) is 3.93. The van der Waals surface area contributed by atoms with Gasteiger partial charge >= 0.3 is 0 Å². The molecule has 0 aliphatic heterocycles. The summed E-state index contributed by atoms with van der Waals surface area (Å²) in [4.78, 5) is 28.3. The molecule has 39 heavy (non-hydrogen) atoms. The van der Waals surface area contributed by atoms with Gasteiger partial charge in [-0.25, -0.2) is 8.42 Å². The van der Waals surface area contributed by atoms with Crippen molar-refractivity contribution in [3.8, 4) is 5.75 Å². The normalized spacial score (nSPS) is 12.1. The number of carbonyl (C=O) groups excluding carboxylic acids is 2. The highest BCUT2D eigenvalue weighted by atomic mass is 35.5. The Bertz CT molecular complexity index is 1390. The highest BCUT2D eigenvalue weighted by Gasteiger charge is 2.32. The molecule has 0 aromatic heterocycles. The zero-order valence-corrected chi connectivity index (χ0v) is 24.3. The predicted octanol–water partition coefficient (Wildman–Crippen LogP) is 4.79. The van der Waals surface area contributed by atoms with Crippen molar-refractivity contribution in [3.05, 3.63) is 88.9 Å². The van der Waals surface area contributed by atoms with Crippen LogP contribution in [0.25, 0.3) is 0 Å². The average Bonchev–Trinajstić information content (AvgIpc) is 2.90. The van der Waals surface area contributed by atoms with Crippen LogP contribution in [0.4, 0.5) is 5.69 Å². The third-order valence-electron chi connectivity index (χ3n) is 6.09. The van der Waals surface area contributed by atoms with Gasteiger partial charge in [0.25, 0.3) is 10.0 Å². The summed E-state index contributed by atoms with van der Waals surface area (Å²) in [5, 5.41) is 3.23. The summed E-state index contributed by atoms with van der Waals surface area (Å²) in [6.45, 7) is 6.73. The van der Waals surface area contributed by atoms with Crippen molar-refractivity contribution in [3.63, 3.8) is 0 Å². The third-order valence-corrected chi connectivity index (χ3v) is 8.13. The SMILES string of the molecule is COc1cccc(CN(C(=O)CN(c2ccc(C)cc2)S(=O)(=O)c2ccc(Cl)cc2)[C@H](C)C(=O)NC(C)C)c1. The van der Waals surface area contributed by atoms with Crippen molar-refractivity contribution in [2.75, 3.05) is 18.0 Å². The number of halogens is 1. The van der Waals surface area contributed by atoms with Crippen LogP contribution in [0, 0.1) is 6.92 Å². The molecule has 0 radical (unpaired) electrons. The summed E-state index contributed by atoms with van der Waals surface area (Å²) in [5.74, 6) is -0.281. The summed E-state index contributed by atoms with van der Waals surface area (Å²) in [5.41, 5.74) is 1.99. The number of nitrogens with one attached hydrogen (secondary N) is 1. The molecule has 0 saturated carbocycles. The summed E-state index contributed by atoms with van der Waals surface area (Å²) < 4.78 is 34.0. The van der Waals surface area contributed by atoms with Gasteiger partial charge in [0.15, 0.2) is 0 Å². The number of sulfonamides is 1. The molecule has 1 N–H and O–H groups in total. The largest absolute Gasteiger partial charge is 0.497 e.